The summed E-state index contributed by atoms with van der Waals surface area (Å²) in [7, 11) is 1.54. The van der Waals surface area contributed by atoms with Crippen molar-refractivity contribution in [3.8, 4) is 5.88 Å². The van der Waals surface area contributed by atoms with Gasteiger partial charge in [-0.25, -0.2) is 9.97 Å². The Morgan fingerprint density at radius 1 is 1.06 bits per heavy atom. The van der Waals surface area contributed by atoms with Gasteiger partial charge in [0, 0.05) is 35.6 Å². The van der Waals surface area contributed by atoms with E-state index in [1.165, 1.54) is 13.0 Å². The zero-order valence-electron chi connectivity index (χ0n) is 17.2. The van der Waals surface area contributed by atoms with E-state index >= 15 is 0 Å². The van der Waals surface area contributed by atoms with Gasteiger partial charge in [-0.05, 0) is 37.3 Å². The van der Waals surface area contributed by atoms with E-state index in [1.54, 1.807) is 49.8 Å². The Morgan fingerprint density at radius 2 is 1.87 bits per heavy atom. The highest BCUT2D eigenvalue weighted by Crippen LogP contribution is 2.24. The predicted molar refractivity (Wildman–Crippen MR) is 119 cm³/mol. The number of hydrogen-bond acceptors (Lipinski definition) is 8. The summed E-state index contributed by atoms with van der Waals surface area (Å²) >= 11 is 0. The lowest BCUT2D eigenvalue weighted by Crippen LogP contribution is -2.09. The number of anilines is 5. The largest absolute Gasteiger partial charge is 0.481 e. The lowest BCUT2D eigenvalue weighted by Gasteiger charge is -2.13. The molecule has 0 aliphatic heterocycles. The molecule has 3 rings (SSSR count). The lowest BCUT2D eigenvalue weighted by molar-refractivity contribution is -0.116. The number of Topliss-reactive ketones (excluding diaryl/α,β-unsaturated/α-hetero) is 1. The van der Waals surface area contributed by atoms with E-state index < -0.39 is 0 Å². The minimum Gasteiger partial charge on any atom is -0.481 e. The number of nitrogens with one attached hydrogen (secondary N) is 3. The van der Waals surface area contributed by atoms with Gasteiger partial charge in [-0.3, -0.25) is 9.59 Å². The molecule has 0 aliphatic rings. The van der Waals surface area contributed by atoms with Crippen molar-refractivity contribution in [2.75, 3.05) is 23.1 Å². The fraction of sp³-hybridized carbons (Fsp3) is 0.136. The number of aromatic nitrogens is 3. The smallest absolute Gasteiger partial charge is 0.247 e. The zero-order valence-corrected chi connectivity index (χ0v) is 17.2. The summed E-state index contributed by atoms with van der Waals surface area (Å²) in [6, 6.07) is 10.6. The van der Waals surface area contributed by atoms with E-state index in [0.29, 0.717) is 40.3 Å². The van der Waals surface area contributed by atoms with Crippen LogP contribution in [0, 0.1) is 0 Å². The van der Waals surface area contributed by atoms with Crippen molar-refractivity contribution < 1.29 is 14.3 Å². The highest BCUT2D eigenvalue weighted by Gasteiger charge is 2.11. The maximum atomic E-state index is 11.7. The average molecular weight is 418 g/mol. The van der Waals surface area contributed by atoms with Gasteiger partial charge in [0.05, 0.1) is 19.0 Å². The lowest BCUT2D eigenvalue weighted by atomic mass is 10.1. The van der Waals surface area contributed by atoms with Crippen molar-refractivity contribution in [1.29, 1.82) is 0 Å². The Hall–Kier alpha value is -4.27. The number of hydrogen-bond donors (Lipinski definition) is 3. The third kappa shape index (κ3) is 6.10. The van der Waals surface area contributed by atoms with Crippen LogP contribution in [0.15, 0.2) is 61.4 Å². The molecule has 1 aromatic carbocycles. The molecule has 1 amide bonds. The predicted octanol–water partition coefficient (Wildman–Crippen LogP) is 3.62. The number of methoxy groups -OCH3 is 1. The molecule has 0 saturated carbocycles. The van der Waals surface area contributed by atoms with Gasteiger partial charge < -0.3 is 20.7 Å². The zero-order chi connectivity index (χ0) is 22.2. The Balaban J connectivity index is 1.86. The average Bonchev–Trinajstić information content (AvgIpc) is 2.76. The Labute approximate surface area is 179 Å². The molecule has 3 aromatic rings. The number of carbonyl (C=O) groups excluding carboxylic acids is 2. The van der Waals surface area contributed by atoms with E-state index in [9.17, 15) is 9.59 Å². The second kappa shape index (κ2) is 9.97. The number of amides is 1. The second-order valence-electron chi connectivity index (χ2n) is 6.56. The molecule has 0 aliphatic carbocycles. The van der Waals surface area contributed by atoms with Crippen molar-refractivity contribution in [3.63, 3.8) is 0 Å². The van der Waals surface area contributed by atoms with E-state index in [1.807, 2.05) is 6.07 Å². The third-order valence-corrected chi connectivity index (χ3v) is 4.08. The maximum absolute atomic E-state index is 11.7. The number of rotatable bonds is 9. The first-order chi connectivity index (χ1) is 15.0. The molecule has 0 atom stereocenters. The molecule has 9 heteroatoms. The summed E-state index contributed by atoms with van der Waals surface area (Å²) < 4.78 is 5.05. The van der Waals surface area contributed by atoms with Crippen LogP contribution < -0.4 is 20.7 Å². The number of ether oxygens (including phenoxy) is 1. The number of benzene rings is 1. The Kier molecular flexibility index (Phi) is 6.89. The van der Waals surface area contributed by atoms with E-state index in [0.717, 1.165) is 0 Å². The SMILES string of the molecule is C=CC(=O)Nc1cccc(Nc2nc(Nc3ccc(OC)nc3)ncc2CC(C)=O)c1. The van der Waals surface area contributed by atoms with Crippen LogP contribution >= 0.6 is 0 Å². The molecule has 31 heavy (non-hydrogen) atoms. The van der Waals surface area contributed by atoms with Gasteiger partial charge in [0.2, 0.25) is 17.7 Å². The first kappa shape index (κ1) is 21.4. The standard InChI is InChI=1S/C22H22N6O3/c1-4-19(30)25-16-6-5-7-17(11-16)26-21-15(10-14(2)29)12-24-22(28-21)27-18-8-9-20(31-3)23-13-18/h4-9,11-13H,1,10H2,2-3H3,(H,25,30)(H2,24,26,27,28). The summed E-state index contributed by atoms with van der Waals surface area (Å²) in [5.41, 5.74) is 2.61. The molecule has 2 heterocycles. The van der Waals surface area contributed by atoms with Gasteiger partial charge in [0.15, 0.2) is 0 Å². The molecule has 0 fully saturated rings. The molecule has 0 spiro atoms. The molecule has 0 bridgehead atoms. The van der Waals surface area contributed by atoms with Crippen LogP contribution in [-0.4, -0.2) is 33.8 Å². The van der Waals surface area contributed by atoms with E-state index in [4.69, 9.17) is 4.74 Å². The van der Waals surface area contributed by atoms with E-state index in [-0.39, 0.29) is 18.1 Å². The summed E-state index contributed by atoms with van der Waals surface area (Å²) in [5, 5.41) is 8.98. The van der Waals surface area contributed by atoms with Gasteiger partial charge in [0.1, 0.15) is 11.6 Å². The van der Waals surface area contributed by atoms with E-state index in [2.05, 4.69) is 37.5 Å². The van der Waals surface area contributed by atoms with Crippen molar-refractivity contribution in [3.05, 3.63) is 67.0 Å². The molecule has 0 unspecified atom stereocenters. The second-order valence-corrected chi connectivity index (χ2v) is 6.56. The Bertz CT molecular complexity index is 1100. The molecular formula is C22H22N6O3. The first-order valence-electron chi connectivity index (χ1n) is 9.39. The fourth-order valence-corrected chi connectivity index (χ4v) is 2.68. The number of carbonyl (C=O) groups is 2. The maximum Gasteiger partial charge on any atom is 0.247 e. The van der Waals surface area contributed by atoms with Crippen LogP contribution in [0.2, 0.25) is 0 Å². The highest BCUT2D eigenvalue weighted by atomic mass is 16.5. The molecule has 0 saturated heterocycles. The van der Waals surface area contributed by atoms with Crippen molar-refractivity contribution in [1.82, 2.24) is 15.0 Å². The van der Waals surface area contributed by atoms with Crippen LogP contribution in [0.3, 0.4) is 0 Å². The monoisotopic (exact) mass is 418 g/mol. The van der Waals surface area contributed by atoms with Crippen molar-refractivity contribution in [2.24, 2.45) is 0 Å². The topological polar surface area (TPSA) is 118 Å². The number of nitrogens with zero attached hydrogens (tertiary/aromatic N) is 3. The van der Waals surface area contributed by atoms with Crippen molar-refractivity contribution in [2.45, 2.75) is 13.3 Å². The molecule has 0 radical (unpaired) electrons. The summed E-state index contributed by atoms with van der Waals surface area (Å²) in [5.74, 6) is 0.975. The third-order valence-electron chi connectivity index (χ3n) is 4.08. The molecule has 158 valence electrons. The normalized spacial score (nSPS) is 10.1. The highest BCUT2D eigenvalue weighted by molar-refractivity contribution is 5.99. The van der Waals surface area contributed by atoms with Gasteiger partial charge in [-0.2, -0.15) is 4.98 Å². The fourth-order valence-electron chi connectivity index (χ4n) is 2.68. The van der Waals surface area contributed by atoms with Crippen LogP contribution in [0.5, 0.6) is 5.88 Å². The molecule has 2 aromatic heterocycles. The quantitative estimate of drug-likeness (QED) is 0.451. The van der Waals surface area contributed by atoms with Gasteiger partial charge >= 0.3 is 0 Å². The minimum atomic E-state index is -0.309. The van der Waals surface area contributed by atoms with Gasteiger partial charge in [-0.15, -0.1) is 0 Å². The van der Waals surface area contributed by atoms with Crippen LogP contribution in [-0.2, 0) is 16.0 Å². The van der Waals surface area contributed by atoms with Gasteiger partial charge in [0.25, 0.3) is 0 Å². The summed E-state index contributed by atoms with van der Waals surface area (Å²) in [4.78, 5) is 36.2. The molecule has 9 nitrogen and oxygen atoms in total. The summed E-state index contributed by atoms with van der Waals surface area (Å²) in [6.45, 7) is 4.95. The molecule has 3 N–H and O–H groups in total. The number of ketones is 1. The van der Waals surface area contributed by atoms with Crippen LogP contribution in [0.1, 0.15) is 12.5 Å². The van der Waals surface area contributed by atoms with Crippen LogP contribution in [0.25, 0.3) is 0 Å². The first-order valence-corrected chi connectivity index (χ1v) is 9.39. The van der Waals surface area contributed by atoms with Crippen molar-refractivity contribution >= 4 is 40.5 Å². The Morgan fingerprint density at radius 3 is 2.55 bits per heavy atom. The molecular weight excluding hydrogens is 396 g/mol. The summed E-state index contributed by atoms with van der Waals surface area (Å²) in [6.07, 6.45) is 4.57. The van der Waals surface area contributed by atoms with Gasteiger partial charge in [-0.1, -0.05) is 12.6 Å². The number of pyridine rings is 1. The minimum absolute atomic E-state index is 0.0151. The van der Waals surface area contributed by atoms with Crippen LogP contribution in [0.4, 0.5) is 28.8 Å².